The molecule has 1 aliphatic rings. The number of rotatable bonds is 2. The number of pyridine rings is 1. The van der Waals surface area contributed by atoms with E-state index in [4.69, 9.17) is 5.26 Å². The monoisotopic (exact) mass is 283 g/mol. The number of thioether (sulfide) groups is 1. The molecular formula is C11H13N3O2S2. The fraction of sp³-hybridized carbons (Fsp3) is 0.455. The lowest BCUT2D eigenvalue weighted by Gasteiger charge is -2.35. The topological polar surface area (TPSA) is 74.1 Å². The molecule has 7 heteroatoms. The van der Waals surface area contributed by atoms with Crippen molar-refractivity contribution >= 4 is 27.3 Å². The number of hydrogen-bond acceptors (Lipinski definition) is 6. The molecule has 96 valence electrons. The minimum absolute atomic E-state index is 0.276. The largest absolute Gasteiger partial charge is 0.351 e. The molecule has 1 fully saturated rings. The molecule has 0 aromatic carbocycles. The minimum atomic E-state index is -3.18. The number of sulfone groups is 1. The molecule has 1 atom stereocenters. The van der Waals surface area contributed by atoms with E-state index in [9.17, 15) is 8.42 Å². The van der Waals surface area contributed by atoms with Crippen LogP contribution in [0.1, 0.15) is 5.69 Å². The molecule has 1 aromatic rings. The molecule has 0 amide bonds. The summed E-state index contributed by atoms with van der Waals surface area (Å²) in [5.41, 5.74) is 0.883. The third kappa shape index (κ3) is 2.60. The summed E-state index contributed by atoms with van der Waals surface area (Å²) in [6.07, 6.45) is 2.77. The van der Waals surface area contributed by atoms with Crippen LogP contribution in [0.5, 0.6) is 0 Å². The van der Waals surface area contributed by atoms with Gasteiger partial charge in [0.1, 0.15) is 11.4 Å². The number of aromatic nitrogens is 1. The second kappa shape index (κ2) is 5.16. The third-order valence-electron chi connectivity index (χ3n) is 2.78. The van der Waals surface area contributed by atoms with E-state index in [-0.39, 0.29) is 5.69 Å². The lowest BCUT2D eigenvalue weighted by molar-refractivity contribution is 0.584. The Hall–Kier alpha value is -1.26. The van der Waals surface area contributed by atoms with Crippen molar-refractivity contribution in [3.05, 3.63) is 24.0 Å². The SMILES string of the molecule is CS(=O)(=O)C1CSCCN1c1cccnc1C#N. The quantitative estimate of drug-likeness (QED) is 0.802. The lowest BCUT2D eigenvalue weighted by atomic mass is 10.2. The van der Waals surface area contributed by atoms with Crippen LogP contribution in [-0.2, 0) is 9.84 Å². The van der Waals surface area contributed by atoms with E-state index in [1.54, 1.807) is 28.8 Å². The first-order valence-electron chi connectivity index (χ1n) is 5.42. The number of anilines is 1. The van der Waals surface area contributed by atoms with Crippen LogP contribution in [0.15, 0.2) is 18.3 Å². The zero-order valence-electron chi connectivity index (χ0n) is 9.91. The molecule has 2 rings (SSSR count). The van der Waals surface area contributed by atoms with E-state index in [0.29, 0.717) is 18.0 Å². The summed E-state index contributed by atoms with van der Waals surface area (Å²) in [6, 6.07) is 5.48. The highest BCUT2D eigenvalue weighted by atomic mass is 32.2. The second-order valence-electron chi connectivity index (χ2n) is 4.04. The maximum absolute atomic E-state index is 11.8. The van der Waals surface area contributed by atoms with Gasteiger partial charge in [-0.25, -0.2) is 13.4 Å². The van der Waals surface area contributed by atoms with Crippen LogP contribution in [0.3, 0.4) is 0 Å². The summed E-state index contributed by atoms with van der Waals surface area (Å²) in [7, 11) is -3.18. The van der Waals surface area contributed by atoms with Crippen molar-refractivity contribution in [2.75, 3.05) is 29.2 Å². The van der Waals surface area contributed by atoms with Gasteiger partial charge in [-0.2, -0.15) is 17.0 Å². The molecule has 0 N–H and O–H groups in total. The van der Waals surface area contributed by atoms with E-state index < -0.39 is 15.2 Å². The Kier molecular flexibility index (Phi) is 3.78. The van der Waals surface area contributed by atoms with Crippen LogP contribution < -0.4 is 4.90 Å². The van der Waals surface area contributed by atoms with Gasteiger partial charge in [0.2, 0.25) is 0 Å². The van der Waals surface area contributed by atoms with Crippen LogP contribution in [0, 0.1) is 11.3 Å². The summed E-state index contributed by atoms with van der Waals surface area (Å²) in [5, 5.41) is 8.47. The van der Waals surface area contributed by atoms with Gasteiger partial charge in [0.05, 0.1) is 5.69 Å². The highest BCUT2D eigenvalue weighted by molar-refractivity contribution is 8.01. The van der Waals surface area contributed by atoms with E-state index in [2.05, 4.69) is 4.98 Å². The van der Waals surface area contributed by atoms with Gasteiger partial charge in [0.15, 0.2) is 15.5 Å². The molecule has 0 radical (unpaired) electrons. The summed E-state index contributed by atoms with van der Waals surface area (Å²) in [5.74, 6) is 1.38. The van der Waals surface area contributed by atoms with Crippen molar-refractivity contribution in [2.45, 2.75) is 5.37 Å². The maximum Gasteiger partial charge on any atom is 0.169 e. The molecule has 1 aromatic heterocycles. The van der Waals surface area contributed by atoms with E-state index in [1.165, 1.54) is 12.5 Å². The maximum atomic E-state index is 11.8. The number of hydrogen-bond donors (Lipinski definition) is 0. The summed E-state index contributed by atoms with van der Waals surface area (Å²) >= 11 is 1.62. The molecule has 1 unspecified atom stereocenters. The summed E-state index contributed by atoms with van der Waals surface area (Å²) in [4.78, 5) is 5.76. The van der Waals surface area contributed by atoms with Gasteiger partial charge >= 0.3 is 0 Å². The van der Waals surface area contributed by atoms with Crippen molar-refractivity contribution in [1.29, 1.82) is 5.26 Å². The van der Waals surface area contributed by atoms with Gasteiger partial charge in [0, 0.05) is 30.5 Å². The van der Waals surface area contributed by atoms with Gasteiger partial charge in [-0.05, 0) is 12.1 Å². The van der Waals surface area contributed by atoms with Crippen molar-refractivity contribution in [3.63, 3.8) is 0 Å². The lowest BCUT2D eigenvalue weighted by Crippen LogP contribution is -2.47. The first kappa shape index (κ1) is 13.2. The fourth-order valence-corrected chi connectivity index (χ4v) is 4.76. The average molecular weight is 283 g/mol. The smallest absolute Gasteiger partial charge is 0.169 e. The van der Waals surface area contributed by atoms with Gasteiger partial charge in [0.25, 0.3) is 0 Å². The fourth-order valence-electron chi connectivity index (χ4n) is 1.93. The van der Waals surface area contributed by atoms with Crippen LogP contribution in [0.2, 0.25) is 0 Å². The van der Waals surface area contributed by atoms with Crippen molar-refractivity contribution in [2.24, 2.45) is 0 Å². The zero-order valence-corrected chi connectivity index (χ0v) is 11.5. The van der Waals surface area contributed by atoms with Crippen LogP contribution in [-0.4, -0.2) is 43.1 Å². The molecule has 2 heterocycles. The van der Waals surface area contributed by atoms with Gasteiger partial charge in [-0.3, -0.25) is 0 Å². The Labute approximate surface area is 111 Å². The number of nitriles is 1. The van der Waals surface area contributed by atoms with Crippen LogP contribution in [0.4, 0.5) is 5.69 Å². The minimum Gasteiger partial charge on any atom is -0.351 e. The van der Waals surface area contributed by atoms with Crippen molar-refractivity contribution in [3.8, 4) is 6.07 Å². The Balaban J connectivity index is 2.44. The molecule has 5 nitrogen and oxygen atoms in total. The Morgan fingerprint density at radius 2 is 2.39 bits per heavy atom. The molecular weight excluding hydrogens is 270 g/mol. The molecule has 0 bridgehead atoms. The molecule has 1 aliphatic heterocycles. The van der Waals surface area contributed by atoms with E-state index >= 15 is 0 Å². The Morgan fingerprint density at radius 3 is 3.06 bits per heavy atom. The van der Waals surface area contributed by atoms with Crippen molar-refractivity contribution in [1.82, 2.24) is 4.98 Å². The Morgan fingerprint density at radius 1 is 1.61 bits per heavy atom. The van der Waals surface area contributed by atoms with E-state index in [1.807, 2.05) is 6.07 Å². The molecule has 0 aliphatic carbocycles. The predicted octanol–water partition coefficient (Wildman–Crippen LogP) is 0.877. The average Bonchev–Trinajstić information content (AvgIpc) is 2.37. The first-order chi connectivity index (χ1) is 8.54. The third-order valence-corrected chi connectivity index (χ3v) is 5.42. The predicted molar refractivity (Wildman–Crippen MR) is 72.3 cm³/mol. The first-order valence-corrected chi connectivity index (χ1v) is 8.53. The van der Waals surface area contributed by atoms with Gasteiger partial charge in [-0.15, -0.1) is 0 Å². The molecule has 18 heavy (non-hydrogen) atoms. The van der Waals surface area contributed by atoms with Crippen LogP contribution >= 0.6 is 11.8 Å². The highest BCUT2D eigenvalue weighted by Crippen LogP contribution is 2.28. The normalized spacial score (nSPS) is 20.4. The molecule has 0 saturated carbocycles. The zero-order chi connectivity index (χ0) is 13.2. The van der Waals surface area contributed by atoms with Gasteiger partial charge in [-0.1, -0.05) is 0 Å². The second-order valence-corrected chi connectivity index (χ2v) is 7.39. The summed E-state index contributed by atoms with van der Waals surface area (Å²) in [6.45, 7) is 0.614. The van der Waals surface area contributed by atoms with Gasteiger partial charge < -0.3 is 4.90 Å². The highest BCUT2D eigenvalue weighted by Gasteiger charge is 2.32. The standard InChI is InChI=1S/C11H13N3O2S2/c1-18(15,16)11-8-17-6-5-14(11)10-3-2-4-13-9(10)7-12/h2-4,11H,5-6,8H2,1H3. The van der Waals surface area contributed by atoms with Crippen LogP contribution in [0.25, 0.3) is 0 Å². The van der Waals surface area contributed by atoms with E-state index in [0.717, 1.165) is 5.75 Å². The molecule has 1 saturated heterocycles. The molecule has 0 spiro atoms. The number of nitrogens with zero attached hydrogens (tertiary/aromatic N) is 3. The van der Waals surface area contributed by atoms with Crippen molar-refractivity contribution < 1.29 is 8.42 Å². The summed E-state index contributed by atoms with van der Waals surface area (Å²) < 4.78 is 23.6. The Bertz CT molecular complexity index is 580.